The summed E-state index contributed by atoms with van der Waals surface area (Å²) in [6.45, 7) is 0.935. The fourth-order valence-electron chi connectivity index (χ4n) is 2.19. The summed E-state index contributed by atoms with van der Waals surface area (Å²) in [5.41, 5.74) is 1.35. The summed E-state index contributed by atoms with van der Waals surface area (Å²) in [5, 5.41) is 7.16. The summed E-state index contributed by atoms with van der Waals surface area (Å²) < 4.78 is 28.2. The highest BCUT2D eigenvalue weighted by molar-refractivity contribution is 14.0. The maximum absolute atomic E-state index is 13.6. The summed E-state index contributed by atoms with van der Waals surface area (Å²) in [5.74, 6) is -0.569. The standard InChI is InChI=1S/C16H18Cl2F2N4.HI/c1-21-16(23-9-12-8-13(17)15(18)24(12)2)22-6-5-10-3-4-11(19)7-14(10)20;/h3-4,7-8H,5-6,9H2,1-2H3,(H2,21,22,23);1H. The molecular weight excluding hydrogens is 484 g/mol. The second kappa shape index (κ2) is 10.2. The monoisotopic (exact) mass is 502 g/mol. The fourth-order valence-corrected chi connectivity index (χ4v) is 2.61. The van der Waals surface area contributed by atoms with Gasteiger partial charge in [-0.3, -0.25) is 4.99 Å². The van der Waals surface area contributed by atoms with E-state index in [2.05, 4.69) is 15.6 Å². The Balaban J connectivity index is 0.00000312. The van der Waals surface area contributed by atoms with Gasteiger partial charge in [0.05, 0.1) is 11.6 Å². The van der Waals surface area contributed by atoms with Crippen molar-refractivity contribution < 1.29 is 8.78 Å². The number of hydrogen-bond acceptors (Lipinski definition) is 1. The molecule has 0 aliphatic heterocycles. The number of aromatic nitrogens is 1. The molecule has 0 spiro atoms. The minimum Gasteiger partial charge on any atom is -0.356 e. The van der Waals surface area contributed by atoms with E-state index in [1.54, 1.807) is 17.7 Å². The molecule has 0 saturated heterocycles. The minimum absolute atomic E-state index is 0. The third kappa shape index (κ3) is 6.00. The van der Waals surface area contributed by atoms with Gasteiger partial charge in [0.15, 0.2) is 5.96 Å². The van der Waals surface area contributed by atoms with Crippen LogP contribution in [0.3, 0.4) is 0 Å². The van der Waals surface area contributed by atoms with E-state index in [-0.39, 0.29) is 24.0 Å². The molecule has 2 aromatic rings. The van der Waals surface area contributed by atoms with Crippen LogP contribution in [0, 0.1) is 11.6 Å². The van der Waals surface area contributed by atoms with Crippen LogP contribution in [0.4, 0.5) is 8.78 Å². The van der Waals surface area contributed by atoms with E-state index < -0.39 is 11.6 Å². The largest absolute Gasteiger partial charge is 0.356 e. The first-order valence-electron chi connectivity index (χ1n) is 7.30. The van der Waals surface area contributed by atoms with Gasteiger partial charge in [0, 0.05) is 32.4 Å². The summed E-state index contributed by atoms with van der Waals surface area (Å²) in [4.78, 5) is 4.10. The van der Waals surface area contributed by atoms with Crippen molar-refractivity contribution in [2.45, 2.75) is 13.0 Å². The molecule has 0 radical (unpaired) electrons. The maximum atomic E-state index is 13.6. The summed E-state index contributed by atoms with van der Waals surface area (Å²) in [7, 11) is 3.46. The number of nitrogens with one attached hydrogen (secondary N) is 2. The van der Waals surface area contributed by atoms with E-state index in [0.717, 1.165) is 11.8 Å². The van der Waals surface area contributed by atoms with Gasteiger partial charge in [-0.25, -0.2) is 8.78 Å². The first-order valence-corrected chi connectivity index (χ1v) is 8.06. The number of guanidine groups is 1. The molecule has 0 fully saturated rings. The number of aliphatic imine (C=N–C) groups is 1. The molecule has 0 aliphatic rings. The third-order valence-corrected chi connectivity index (χ3v) is 4.42. The SMILES string of the molecule is CN=C(NCCc1ccc(F)cc1F)NCc1cc(Cl)c(Cl)n1C.I. The lowest BCUT2D eigenvalue weighted by Gasteiger charge is -2.12. The van der Waals surface area contributed by atoms with Gasteiger partial charge in [-0.2, -0.15) is 0 Å². The van der Waals surface area contributed by atoms with Crippen LogP contribution in [0.2, 0.25) is 10.2 Å². The highest BCUT2D eigenvalue weighted by atomic mass is 127. The molecule has 1 aromatic heterocycles. The Bertz CT molecular complexity index is 750. The molecule has 2 N–H and O–H groups in total. The first kappa shape index (κ1) is 22.0. The van der Waals surface area contributed by atoms with Crippen molar-refractivity contribution in [2.75, 3.05) is 13.6 Å². The molecule has 25 heavy (non-hydrogen) atoms. The van der Waals surface area contributed by atoms with Gasteiger partial charge >= 0.3 is 0 Å². The number of nitrogens with zero attached hydrogens (tertiary/aromatic N) is 2. The zero-order valence-corrected chi connectivity index (χ0v) is 17.6. The summed E-state index contributed by atoms with van der Waals surface area (Å²) >= 11 is 12.0. The predicted octanol–water partition coefficient (Wildman–Crippen LogP) is 4.14. The van der Waals surface area contributed by atoms with Crippen LogP contribution in [0.1, 0.15) is 11.3 Å². The average Bonchev–Trinajstić information content (AvgIpc) is 2.79. The topological polar surface area (TPSA) is 41.4 Å². The van der Waals surface area contributed by atoms with Gasteiger partial charge in [-0.15, -0.1) is 24.0 Å². The van der Waals surface area contributed by atoms with Gasteiger partial charge in [-0.05, 0) is 24.1 Å². The number of benzene rings is 1. The van der Waals surface area contributed by atoms with E-state index >= 15 is 0 Å². The molecule has 0 aliphatic carbocycles. The maximum Gasteiger partial charge on any atom is 0.191 e. The Morgan fingerprint density at radius 1 is 1.20 bits per heavy atom. The lowest BCUT2D eigenvalue weighted by molar-refractivity contribution is 0.570. The van der Waals surface area contributed by atoms with Crippen LogP contribution in [0.25, 0.3) is 0 Å². The normalized spacial score (nSPS) is 11.2. The average molecular weight is 503 g/mol. The summed E-state index contributed by atoms with van der Waals surface area (Å²) in [6, 6.07) is 5.34. The molecule has 2 rings (SSSR count). The zero-order chi connectivity index (χ0) is 17.7. The van der Waals surface area contributed by atoms with Crippen molar-refractivity contribution in [2.24, 2.45) is 12.0 Å². The van der Waals surface area contributed by atoms with E-state index in [1.807, 2.05) is 7.05 Å². The quantitative estimate of drug-likeness (QED) is 0.366. The van der Waals surface area contributed by atoms with E-state index in [1.165, 1.54) is 12.1 Å². The Hall–Kier alpha value is -1.06. The van der Waals surface area contributed by atoms with Crippen molar-refractivity contribution in [1.29, 1.82) is 0 Å². The highest BCUT2D eigenvalue weighted by Crippen LogP contribution is 2.24. The van der Waals surface area contributed by atoms with E-state index in [9.17, 15) is 8.78 Å². The minimum atomic E-state index is -0.582. The molecule has 0 saturated carbocycles. The number of halogens is 5. The molecule has 138 valence electrons. The van der Waals surface area contributed by atoms with Gasteiger partial charge < -0.3 is 15.2 Å². The van der Waals surface area contributed by atoms with Gasteiger partial charge in [0.25, 0.3) is 0 Å². The van der Waals surface area contributed by atoms with E-state index in [0.29, 0.717) is 41.2 Å². The molecule has 9 heteroatoms. The van der Waals surface area contributed by atoms with Crippen molar-refractivity contribution in [3.05, 3.63) is 57.3 Å². The second-order valence-corrected chi connectivity index (χ2v) is 5.94. The van der Waals surface area contributed by atoms with Crippen molar-refractivity contribution in [3.63, 3.8) is 0 Å². The number of hydrogen-bond donors (Lipinski definition) is 2. The van der Waals surface area contributed by atoms with Crippen LogP contribution in [0.15, 0.2) is 29.3 Å². The molecule has 0 amide bonds. The van der Waals surface area contributed by atoms with Crippen molar-refractivity contribution >= 4 is 53.1 Å². The molecule has 0 atom stereocenters. The lowest BCUT2D eigenvalue weighted by Crippen LogP contribution is -2.38. The van der Waals surface area contributed by atoms with Crippen LogP contribution in [-0.2, 0) is 20.0 Å². The second-order valence-electron chi connectivity index (χ2n) is 5.17. The van der Waals surface area contributed by atoms with Gasteiger partial charge in [0.2, 0.25) is 0 Å². The van der Waals surface area contributed by atoms with Crippen LogP contribution >= 0.6 is 47.2 Å². The van der Waals surface area contributed by atoms with Crippen LogP contribution < -0.4 is 10.6 Å². The van der Waals surface area contributed by atoms with Gasteiger partial charge in [0.1, 0.15) is 16.8 Å². The lowest BCUT2D eigenvalue weighted by atomic mass is 10.1. The Labute approximate surface area is 172 Å². The van der Waals surface area contributed by atoms with Gasteiger partial charge in [-0.1, -0.05) is 29.3 Å². The van der Waals surface area contributed by atoms with Crippen molar-refractivity contribution in [3.8, 4) is 0 Å². The van der Waals surface area contributed by atoms with Crippen LogP contribution in [-0.4, -0.2) is 24.1 Å². The molecular formula is C16H19Cl2F2IN4. The Morgan fingerprint density at radius 2 is 1.92 bits per heavy atom. The highest BCUT2D eigenvalue weighted by Gasteiger charge is 2.09. The molecule has 0 bridgehead atoms. The summed E-state index contributed by atoms with van der Waals surface area (Å²) in [6.07, 6.45) is 0.411. The van der Waals surface area contributed by atoms with E-state index in [4.69, 9.17) is 23.2 Å². The molecule has 0 unspecified atom stereocenters. The van der Waals surface area contributed by atoms with Crippen molar-refractivity contribution in [1.82, 2.24) is 15.2 Å². The Kier molecular flexibility index (Phi) is 8.95. The fraction of sp³-hybridized carbons (Fsp3) is 0.312. The first-order chi connectivity index (χ1) is 11.4. The number of rotatable bonds is 5. The van der Waals surface area contributed by atoms with Crippen LogP contribution in [0.5, 0.6) is 0 Å². The zero-order valence-electron chi connectivity index (χ0n) is 13.7. The molecule has 4 nitrogen and oxygen atoms in total. The smallest absolute Gasteiger partial charge is 0.191 e. The predicted molar refractivity (Wildman–Crippen MR) is 109 cm³/mol. The third-order valence-electron chi connectivity index (χ3n) is 3.58. The molecule has 1 heterocycles. The Morgan fingerprint density at radius 3 is 2.48 bits per heavy atom. The molecule has 1 aromatic carbocycles.